The highest BCUT2D eigenvalue weighted by atomic mass is 32.2. The molecule has 0 aromatic carbocycles. The topological polar surface area (TPSA) is 81.7 Å². The van der Waals surface area contributed by atoms with Gasteiger partial charge in [0.15, 0.2) is 0 Å². The third-order valence-corrected chi connectivity index (χ3v) is 4.01. The SMILES string of the molecule is C[C@@H]1CC(OS(=O)(=O)C(F)(F)F)=CC[C@@H]1NC(=O)OC(C)(C)C. The van der Waals surface area contributed by atoms with Crippen LogP contribution < -0.4 is 5.32 Å². The van der Waals surface area contributed by atoms with Crippen molar-refractivity contribution in [1.29, 1.82) is 0 Å². The van der Waals surface area contributed by atoms with E-state index in [1.807, 2.05) is 0 Å². The third kappa shape index (κ3) is 5.92. The number of hydrogen-bond donors (Lipinski definition) is 1. The van der Waals surface area contributed by atoms with Crippen LogP contribution in [0, 0.1) is 5.92 Å². The van der Waals surface area contributed by atoms with Gasteiger partial charge in [0.25, 0.3) is 0 Å². The zero-order valence-electron chi connectivity index (χ0n) is 13.2. The molecule has 1 N–H and O–H groups in total. The third-order valence-electron chi connectivity index (χ3n) is 3.01. The van der Waals surface area contributed by atoms with E-state index in [0.717, 1.165) is 0 Å². The van der Waals surface area contributed by atoms with Gasteiger partial charge in [0.1, 0.15) is 11.4 Å². The zero-order valence-corrected chi connectivity index (χ0v) is 14.0. The number of rotatable bonds is 3. The van der Waals surface area contributed by atoms with Crippen molar-refractivity contribution >= 4 is 16.2 Å². The Balaban J connectivity index is 2.68. The van der Waals surface area contributed by atoms with Crippen LogP contribution in [0.15, 0.2) is 11.8 Å². The van der Waals surface area contributed by atoms with Crippen molar-refractivity contribution in [3.63, 3.8) is 0 Å². The van der Waals surface area contributed by atoms with Crippen LogP contribution in [0.2, 0.25) is 0 Å². The van der Waals surface area contributed by atoms with E-state index in [1.165, 1.54) is 6.08 Å². The van der Waals surface area contributed by atoms with Crippen LogP contribution in [-0.2, 0) is 19.0 Å². The molecule has 1 aliphatic rings. The summed E-state index contributed by atoms with van der Waals surface area (Å²) in [7, 11) is -5.67. The van der Waals surface area contributed by atoms with Gasteiger partial charge in [-0.05, 0) is 39.2 Å². The molecule has 0 fully saturated rings. The van der Waals surface area contributed by atoms with Crippen LogP contribution in [0.5, 0.6) is 0 Å². The minimum atomic E-state index is -5.67. The predicted molar refractivity (Wildman–Crippen MR) is 75.7 cm³/mol. The molecular weight excluding hydrogens is 339 g/mol. The average Bonchev–Trinajstić information content (AvgIpc) is 2.28. The molecule has 0 heterocycles. The standard InChI is InChI=1S/C13H20F3NO5S/c1-8-7-9(22-23(19,20)13(14,15)16)5-6-10(8)17-11(18)21-12(2,3)4/h5,8,10H,6-7H2,1-4H3,(H,17,18)/t8-,10+/m1/s1. The number of carbonyl (C=O) groups is 1. The molecule has 0 aliphatic heterocycles. The van der Waals surface area contributed by atoms with Gasteiger partial charge in [-0.1, -0.05) is 6.92 Å². The van der Waals surface area contributed by atoms with Gasteiger partial charge in [0.05, 0.1) is 0 Å². The number of ether oxygens (including phenoxy) is 1. The van der Waals surface area contributed by atoms with Crippen molar-refractivity contribution in [2.45, 2.75) is 57.7 Å². The van der Waals surface area contributed by atoms with E-state index in [9.17, 15) is 26.4 Å². The van der Waals surface area contributed by atoms with Gasteiger partial charge < -0.3 is 14.2 Å². The van der Waals surface area contributed by atoms with Crippen LogP contribution in [0.4, 0.5) is 18.0 Å². The maximum absolute atomic E-state index is 12.3. The van der Waals surface area contributed by atoms with Gasteiger partial charge >= 0.3 is 21.7 Å². The summed E-state index contributed by atoms with van der Waals surface area (Å²) in [5, 5.41) is 2.61. The van der Waals surface area contributed by atoms with Crippen LogP contribution in [0.25, 0.3) is 0 Å². The van der Waals surface area contributed by atoms with E-state index in [4.69, 9.17) is 4.74 Å². The first kappa shape index (κ1) is 19.6. The highest BCUT2D eigenvalue weighted by molar-refractivity contribution is 7.87. The van der Waals surface area contributed by atoms with Crippen molar-refractivity contribution < 1.29 is 35.3 Å². The highest BCUT2D eigenvalue weighted by Crippen LogP contribution is 2.31. The summed E-state index contributed by atoms with van der Waals surface area (Å²) in [4.78, 5) is 11.7. The number of carbonyl (C=O) groups excluding carboxylic acids is 1. The Bertz CT molecular complexity index is 577. The van der Waals surface area contributed by atoms with E-state index in [0.29, 0.717) is 0 Å². The zero-order chi connectivity index (χ0) is 18.1. The van der Waals surface area contributed by atoms with Gasteiger partial charge in [0, 0.05) is 12.5 Å². The van der Waals surface area contributed by atoms with E-state index >= 15 is 0 Å². The molecule has 1 aliphatic carbocycles. The summed E-state index contributed by atoms with van der Waals surface area (Å²) < 4.78 is 68.0. The van der Waals surface area contributed by atoms with Crippen LogP contribution in [-0.4, -0.2) is 31.7 Å². The van der Waals surface area contributed by atoms with Gasteiger partial charge in [-0.2, -0.15) is 21.6 Å². The maximum atomic E-state index is 12.3. The number of halogens is 3. The molecule has 23 heavy (non-hydrogen) atoms. The second-order valence-electron chi connectivity index (χ2n) is 6.32. The fourth-order valence-corrected chi connectivity index (χ4v) is 2.46. The smallest absolute Gasteiger partial charge is 0.444 e. The molecule has 2 atom stereocenters. The van der Waals surface area contributed by atoms with E-state index in [2.05, 4.69) is 9.50 Å². The first-order valence-electron chi connectivity index (χ1n) is 6.90. The average molecular weight is 359 g/mol. The van der Waals surface area contributed by atoms with E-state index in [1.54, 1.807) is 27.7 Å². The summed E-state index contributed by atoms with van der Waals surface area (Å²) in [6, 6.07) is -0.384. The summed E-state index contributed by atoms with van der Waals surface area (Å²) in [6.07, 6.45) is 0.680. The molecule has 0 saturated heterocycles. The quantitative estimate of drug-likeness (QED) is 0.619. The molecule has 0 saturated carbocycles. The second kappa shape index (κ2) is 6.58. The minimum Gasteiger partial charge on any atom is -0.444 e. The number of alkyl carbamates (subject to hydrolysis) is 1. The molecule has 0 bridgehead atoms. The lowest BCUT2D eigenvalue weighted by atomic mass is 9.90. The molecule has 0 unspecified atom stereocenters. The van der Waals surface area contributed by atoms with Crippen molar-refractivity contribution in [1.82, 2.24) is 5.32 Å². The molecule has 1 amide bonds. The molecule has 0 aromatic rings. The first-order valence-corrected chi connectivity index (χ1v) is 8.31. The number of nitrogens with one attached hydrogen (secondary N) is 1. The summed E-state index contributed by atoms with van der Waals surface area (Å²) in [6.45, 7) is 6.76. The lowest BCUT2D eigenvalue weighted by Crippen LogP contribution is -2.43. The fourth-order valence-electron chi connectivity index (χ4n) is 1.95. The van der Waals surface area contributed by atoms with E-state index < -0.39 is 27.3 Å². The van der Waals surface area contributed by atoms with Crippen LogP contribution in [0.1, 0.15) is 40.5 Å². The Morgan fingerprint density at radius 2 is 1.87 bits per heavy atom. The highest BCUT2D eigenvalue weighted by Gasteiger charge is 2.49. The van der Waals surface area contributed by atoms with Crippen molar-refractivity contribution in [3.05, 3.63) is 11.8 Å². The van der Waals surface area contributed by atoms with Crippen molar-refractivity contribution in [3.8, 4) is 0 Å². The van der Waals surface area contributed by atoms with Crippen molar-refractivity contribution in [2.75, 3.05) is 0 Å². The Kier molecular flexibility index (Phi) is 5.61. The molecule has 0 aromatic heterocycles. The number of hydrogen-bond acceptors (Lipinski definition) is 5. The van der Waals surface area contributed by atoms with Crippen molar-refractivity contribution in [2.24, 2.45) is 5.92 Å². The summed E-state index contributed by atoms with van der Waals surface area (Å²) in [5.41, 5.74) is -6.14. The molecule has 0 radical (unpaired) electrons. The molecule has 6 nitrogen and oxygen atoms in total. The monoisotopic (exact) mass is 359 g/mol. The molecule has 0 spiro atoms. The Morgan fingerprint density at radius 1 is 1.30 bits per heavy atom. The second-order valence-corrected chi connectivity index (χ2v) is 7.86. The Labute approximate surface area is 133 Å². The normalized spacial score (nSPS) is 23.0. The molecule has 134 valence electrons. The lowest BCUT2D eigenvalue weighted by Gasteiger charge is -2.30. The van der Waals surface area contributed by atoms with Gasteiger partial charge in [-0.3, -0.25) is 0 Å². The molecule has 10 heteroatoms. The van der Waals surface area contributed by atoms with Crippen LogP contribution in [0.3, 0.4) is 0 Å². The van der Waals surface area contributed by atoms with Crippen LogP contribution >= 0.6 is 0 Å². The Hall–Kier alpha value is -1.45. The summed E-state index contributed by atoms with van der Waals surface area (Å²) in [5.74, 6) is -0.594. The predicted octanol–water partition coefficient (Wildman–Crippen LogP) is 3.06. The fraction of sp³-hybridized carbons (Fsp3) is 0.769. The van der Waals surface area contributed by atoms with Gasteiger partial charge in [-0.25, -0.2) is 4.79 Å². The van der Waals surface area contributed by atoms with E-state index in [-0.39, 0.29) is 30.6 Å². The summed E-state index contributed by atoms with van der Waals surface area (Å²) >= 11 is 0. The molecule has 1 rings (SSSR count). The first-order chi connectivity index (χ1) is 10.2. The maximum Gasteiger partial charge on any atom is 0.534 e. The number of alkyl halides is 3. The van der Waals surface area contributed by atoms with Gasteiger partial charge in [-0.15, -0.1) is 0 Å². The Morgan fingerprint density at radius 3 is 2.30 bits per heavy atom. The number of amides is 1. The lowest BCUT2D eigenvalue weighted by molar-refractivity contribution is -0.0525. The largest absolute Gasteiger partial charge is 0.534 e. The number of allylic oxidation sites excluding steroid dienone is 1. The molecular formula is C13H20F3NO5S. The van der Waals surface area contributed by atoms with Gasteiger partial charge in [0.2, 0.25) is 0 Å². The minimum absolute atomic E-state index is 0.0459.